The van der Waals surface area contributed by atoms with E-state index in [4.69, 9.17) is 11.0 Å². The number of thiazole rings is 1. The molecule has 6 heteroatoms. The first-order chi connectivity index (χ1) is 9.28. The van der Waals surface area contributed by atoms with Gasteiger partial charge in [0.05, 0.1) is 33.9 Å². The summed E-state index contributed by atoms with van der Waals surface area (Å²) in [5.41, 5.74) is 11.1. The first kappa shape index (κ1) is 11.7. The molecule has 19 heavy (non-hydrogen) atoms. The normalized spacial score (nSPS) is 10.7. The highest BCUT2D eigenvalue weighted by atomic mass is 32.1. The standard InChI is InChI=1S/C13H11N5S/c14-6-9-1-2-11-12(5-9)18(13(15)17-11)4-3-10-7-19-8-16-10/h1-2,5,7-8H,3-4H2,(H2,15,17). The van der Waals surface area contributed by atoms with Gasteiger partial charge in [0.25, 0.3) is 0 Å². The summed E-state index contributed by atoms with van der Waals surface area (Å²) in [5.74, 6) is 0.473. The maximum Gasteiger partial charge on any atom is 0.201 e. The van der Waals surface area contributed by atoms with E-state index in [9.17, 15) is 0 Å². The van der Waals surface area contributed by atoms with Crippen LogP contribution in [0.3, 0.4) is 0 Å². The SMILES string of the molecule is N#Cc1ccc2nc(N)n(CCc3cscn3)c2c1. The Morgan fingerprint density at radius 3 is 3.05 bits per heavy atom. The van der Waals surface area contributed by atoms with Crippen molar-refractivity contribution >= 4 is 28.3 Å². The molecule has 3 aromatic rings. The van der Waals surface area contributed by atoms with Crippen molar-refractivity contribution in [2.75, 3.05) is 5.73 Å². The Bertz CT molecular complexity index is 751. The van der Waals surface area contributed by atoms with Crippen molar-refractivity contribution in [2.45, 2.75) is 13.0 Å². The summed E-state index contributed by atoms with van der Waals surface area (Å²) in [5, 5.41) is 11.0. The minimum atomic E-state index is 0.473. The van der Waals surface area contributed by atoms with Gasteiger partial charge in [0.15, 0.2) is 0 Å². The van der Waals surface area contributed by atoms with Gasteiger partial charge in [-0.05, 0) is 18.2 Å². The molecule has 5 nitrogen and oxygen atoms in total. The maximum atomic E-state index is 8.96. The number of nitriles is 1. The summed E-state index contributed by atoms with van der Waals surface area (Å²) in [4.78, 5) is 8.55. The minimum absolute atomic E-state index is 0.473. The van der Waals surface area contributed by atoms with Crippen LogP contribution in [0, 0.1) is 11.3 Å². The highest BCUT2D eigenvalue weighted by molar-refractivity contribution is 7.07. The molecule has 0 aliphatic heterocycles. The van der Waals surface area contributed by atoms with E-state index >= 15 is 0 Å². The van der Waals surface area contributed by atoms with Gasteiger partial charge < -0.3 is 10.3 Å². The third-order valence-corrected chi connectivity index (χ3v) is 3.62. The number of fused-ring (bicyclic) bond motifs is 1. The zero-order valence-corrected chi connectivity index (χ0v) is 10.9. The molecule has 0 spiro atoms. The first-order valence-electron chi connectivity index (χ1n) is 5.81. The molecule has 2 heterocycles. The quantitative estimate of drug-likeness (QED) is 0.790. The van der Waals surface area contributed by atoms with Gasteiger partial charge in [-0.25, -0.2) is 9.97 Å². The van der Waals surface area contributed by atoms with Gasteiger partial charge in [0.1, 0.15) is 0 Å². The number of anilines is 1. The number of imidazole rings is 1. The van der Waals surface area contributed by atoms with Gasteiger partial charge in [0.2, 0.25) is 5.95 Å². The zero-order chi connectivity index (χ0) is 13.2. The molecule has 0 saturated carbocycles. The van der Waals surface area contributed by atoms with Crippen LogP contribution in [0.2, 0.25) is 0 Å². The Morgan fingerprint density at radius 1 is 1.42 bits per heavy atom. The summed E-state index contributed by atoms with van der Waals surface area (Å²) in [6.45, 7) is 0.709. The second kappa shape index (κ2) is 4.71. The molecule has 94 valence electrons. The van der Waals surface area contributed by atoms with Crippen LogP contribution >= 0.6 is 11.3 Å². The predicted octanol–water partition coefficient (Wildman–Crippen LogP) is 2.19. The Balaban J connectivity index is 1.97. The predicted molar refractivity (Wildman–Crippen MR) is 74.7 cm³/mol. The van der Waals surface area contributed by atoms with E-state index in [1.165, 1.54) is 0 Å². The average Bonchev–Trinajstić information content (AvgIpc) is 3.03. The van der Waals surface area contributed by atoms with Crippen LogP contribution in [0.1, 0.15) is 11.3 Å². The second-order valence-corrected chi connectivity index (χ2v) is 4.89. The Kier molecular flexibility index (Phi) is 2.89. The van der Waals surface area contributed by atoms with Gasteiger partial charge in [-0.2, -0.15) is 5.26 Å². The summed E-state index contributed by atoms with van der Waals surface area (Å²) in [6.07, 6.45) is 0.802. The van der Waals surface area contributed by atoms with Crippen LogP contribution < -0.4 is 5.73 Å². The number of nitrogen functional groups attached to an aromatic ring is 1. The maximum absolute atomic E-state index is 8.96. The van der Waals surface area contributed by atoms with Crippen molar-refractivity contribution in [1.82, 2.24) is 14.5 Å². The van der Waals surface area contributed by atoms with Crippen molar-refractivity contribution in [3.63, 3.8) is 0 Å². The average molecular weight is 269 g/mol. The summed E-state index contributed by atoms with van der Waals surface area (Å²) < 4.78 is 1.93. The smallest absolute Gasteiger partial charge is 0.201 e. The molecule has 2 aromatic heterocycles. The minimum Gasteiger partial charge on any atom is -0.369 e. The van der Waals surface area contributed by atoms with Gasteiger partial charge in [0, 0.05) is 18.3 Å². The van der Waals surface area contributed by atoms with Crippen molar-refractivity contribution in [3.8, 4) is 6.07 Å². The third kappa shape index (κ3) is 2.16. The van der Waals surface area contributed by atoms with E-state index in [1.54, 1.807) is 17.4 Å². The largest absolute Gasteiger partial charge is 0.369 e. The van der Waals surface area contributed by atoms with Gasteiger partial charge in [-0.3, -0.25) is 0 Å². The van der Waals surface area contributed by atoms with Crippen molar-refractivity contribution in [2.24, 2.45) is 0 Å². The highest BCUT2D eigenvalue weighted by Crippen LogP contribution is 2.20. The monoisotopic (exact) mass is 269 g/mol. The van der Waals surface area contributed by atoms with E-state index in [1.807, 2.05) is 27.6 Å². The number of hydrogen-bond donors (Lipinski definition) is 1. The third-order valence-electron chi connectivity index (χ3n) is 2.98. The van der Waals surface area contributed by atoms with Crippen molar-refractivity contribution in [1.29, 1.82) is 5.26 Å². The number of rotatable bonds is 3. The topological polar surface area (TPSA) is 80.5 Å². The summed E-state index contributed by atoms with van der Waals surface area (Å²) in [6, 6.07) is 7.52. The lowest BCUT2D eigenvalue weighted by atomic mass is 10.2. The van der Waals surface area contributed by atoms with Crippen LogP contribution in [0.4, 0.5) is 5.95 Å². The lowest BCUT2D eigenvalue weighted by Gasteiger charge is -2.05. The van der Waals surface area contributed by atoms with Gasteiger partial charge >= 0.3 is 0 Å². The van der Waals surface area contributed by atoms with E-state index in [-0.39, 0.29) is 0 Å². The van der Waals surface area contributed by atoms with E-state index in [0.717, 1.165) is 23.1 Å². The highest BCUT2D eigenvalue weighted by Gasteiger charge is 2.09. The zero-order valence-electron chi connectivity index (χ0n) is 10.1. The Morgan fingerprint density at radius 2 is 2.32 bits per heavy atom. The molecule has 0 bridgehead atoms. The molecular weight excluding hydrogens is 258 g/mol. The fraction of sp³-hybridized carbons (Fsp3) is 0.154. The van der Waals surface area contributed by atoms with Crippen LogP contribution in [0.5, 0.6) is 0 Å². The van der Waals surface area contributed by atoms with E-state index in [2.05, 4.69) is 16.0 Å². The van der Waals surface area contributed by atoms with E-state index in [0.29, 0.717) is 18.1 Å². The van der Waals surface area contributed by atoms with Crippen molar-refractivity contribution < 1.29 is 0 Å². The van der Waals surface area contributed by atoms with Crippen LogP contribution in [0.15, 0.2) is 29.1 Å². The molecule has 0 amide bonds. The summed E-state index contributed by atoms with van der Waals surface area (Å²) >= 11 is 1.58. The molecule has 0 aliphatic carbocycles. The molecule has 0 aliphatic rings. The molecule has 1 aromatic carbocycles. The van der Waals surface area contributed by atoms with Crippen molar-refractivity contribution in [3.05, 3.63) is 40.3 Å². The van der Waals surface area contributed by atoms with Gasteiger partial charge in [-0.1, -0.05) is 0 Å². The number of benzene rings is 1. The number of hydrogen-bond acceptors (Lipinski definition) is 5. The lowest BCUT2D eigenvalue weighted by Crippen LogP contribution is -2.05. The molecule has 0 radical (unpaired) electrons. The molecular formula is C13H11N5S. The lowest BCUT2D eigenvalue weighted by molar-refractivity contribution is 0.716. The first-order valence-corrected chi connectivity index (χ1v) is 6.75. The fourth-order valence-electron chi connectivity index (χ4n) is 2.03. The Hall–Kier alpha value is -2.39. The van der Waals surface area contributed by atoms with Crippen LogP contribution in [-0.2, 0) is 13.0 Å². The molecule has 0 saturated heterocycles. The molecule has 2 N–H and O–H groups in total. The molecule has 0 atom stereocenters. The molecule has 0 unspecified atom stereocenters. The van der Waals surface area contributed by atoms with Gasteiger partial charge in [-0.15, -0.1) is 11.3 Å². The number of aromatic nitrogens is 3. The number of aryl methyl sites for hydroxylation is 2. The Labute approximate surface area is 113 Å². The van der Waals surface area contributed by atoms with E-state index < -0.39 is 0 Å². The number of nitrogens with two attached hydrogens (primary N) is 1. The summed E-state index contributed by atoms with van der Waals surface area (Å²) in [7, 11) is 0. The molecule has 3 rings (SSSR count). The van der Waals surface area contributed by atoms with Crippen LogP contribution in [-0.4, -0.2) is 14.5 Å². The second-order valence-electron chi connectivity index (χ2n) is 4.17. The molecule has 0 fully saturated rings. The van der Waals surface area contributed by atoms with Crippen LogP contribution in [0.25, 0.3) is 11.0 Å². The number of nitrogens with zero attached hydrogens (tertiary/aromatic N) is 4. The fourth-order valence-corrected chi connectivity index (χ4v) is 2.63.